The molecule has 0 N–H and O–H groups in total. The van der Waals surface area contributed by atoms with Crippen molar-refractivity contribution in [2.45, 2.75) is 49.9 Å². The molecule has 0 aliphatic heterocycles. The Labute approximate surface area is 162 Å². The van der Waals surface area contributed by atoms with Gasteiger partial charge in [-0.2, -0.15) is 35.1 Å². The summed E-state index contributed by atoms with van der Waals surface area (Å²) in [5.74, 6) is -9.30. The number of hydrogen-bond donors (Lipinski definition) is 2. The van der Waals surface area contributed by atoms with Gasteiger partial charge in [-0.05, 0) is 12.2 Å². The van der Waals surface area contributed by atoms with E-state index in [9.17, 15) is 43.9 Å². The molecule has 0 aliphatic rings. The fourth-order valence-corrected chi connectivity index (χ4v) is 4.02. The van der Waals surface area contributed by atoms with Crippen molar-refractivity contribution in [2.75, 3.05) is 11.5 Å². The monoisotopic (exact) mass is 476 g/mol. The van der Waals surface area contributed by atoms with Crippen molar-refractivity contribution < 1.29 is 43.9 Å². The second-order valence-electron chi connectivity index (χ2n) is 5.01. The largest absolute Gasteiger partial charge is 0.453 e. The first kappa shape index (κ1) is 26.4. The van der Waals surface area contributed by atoms with Gasteiger partial charge in [0.2, 0.25) is 0 Å². The Balaban J connectivity index is 4.28. The van der Waals surface area contributed by atoms with E-state index in [1.165, 1.54) is 0 Å². The van der Waals surface area contributed by atoms with Crippen LogP contribution in [0, 0.1) is 0 Å². The topological polar surface area (TPSA) is 0 Å². The van der Waals surface area contributed by atoms with Gasteiger partial charge in [0.1, 0.15) is 6.42 Å². The van der Waals surface area contributed by atoms with Crippen molar-refractivity contribution in [3.8, 4) is 0 Å². The lowest BCUT2D eigenvalue weighted by Gasteiger charge is -2.19. The Morgan fingerprint density at radius 3 is 1.58 bits per heavy atom. The van der Waals surface area contributed by atoms with E-state index in [2.05, 4.69) is 25.3 Å². The van der Waals surface area contributed by atoms with Gasteiger partial charge in [-0.25, -0.2) is 8.78 Å². The summed E-state index contributed by atoms with van der Waals surface area (Å²) in [6, 6.07) is 0. The molecule has 26 heavy (non-hydrogen) atoms. The van der Waals surface area contributed by atoms with Gasteiger partial charge in [0.15, 0.2) is 0 Å². The Morgan fingerprint density at radius 1 is 0.692 bits per heavy atom. The molecule has 0 radical (unpaired) electrons. The molecule has 0 aromatic carbocycles. The molecule has 0 atom stereocenters. The van der Waals surface area contributed by atoms with Crippen LogP contribution in [0.5, 0.6) is 0 Å². The predicted molar refractivity (Wildman–Crippen MR) is 90.4 cm³/mol. The SMILES string of the molecule is FC(F)(F)CC(F)(F)CCSC(S)=C(S)SCCCC(F)(F)C(F)(F)F. The molecule has 0 amide bonds. The summed E-state index contributed by atoms with van der Waals surface area (Å²) < 4.78 is 123. The third-order valence-electron chi connectivity index (χ3n) is 2.64. The molecule has 0 aromatic rings. The Bertz CT molecular complexity index is 470. The van der Waals surface area contributed by atoms with Gasteiger partial charge >= 0.3 is 18.3 Å². The number of alkyl halides is 10. The van der Waals surface area contributed by atoms with Crippen LogP contribution in [0.25, 0.3) is 0 Å². The highest BCUT2D eigenvalue weighted by molar-refractivity contribution is 8.21. The highest BCUT2D eigenvalue weighted by atomic mass is 32.2. The Kier molecular flexibility index (Phi) is 10.5. The first-order valence-corrected chi connectivity index (χ1v) is 9.60. The second kappa shape index (κ2) is 10.3. The van der Waals surface area contributed by atoms with Crippen molar-refractivity contribution in [1.82, 2.24) is 0 Å². The summed E-state index contributed by atoms with van der Waals surface area (Å²) in [6.45, 7) is 0. The molecule has 0 spiro atoms. The molecule has 0 rings (SSSR count). The minimum atomic E-state index is -5.64. The minimum Gasteiger partial charge on any atom is -0.206 e. The molecule has 0 aliphatic carbocycles. The van der Waals surface area contributed by atoms with Gasteiger partial charge in [0, 0.05) is 18.6 Å². The van der Waals surface area contributed by atoms with E-state index in [0.29, 0.717) is 11.8 Å². The maximum Gasteiger partial charge on any atom is 0.453 e. The molecule has 0 heterocycles. The molecular formula is C12H14F10S4. The zero-order valence-corrected chi connectivity index (χ0v) is 16.2. The fourth-order valence-electron chi connectivity index (χ4n) is 1.41. The van der Waals surface area contributed by atoms with Crippen LogP contribution in [0.3, 0.4) is 0 Å². The van der Waals surface area contributed by atoms with Crippen molar-refractivity contribution in [1.29, 1.82) is 0 Å². The highest BCUT2D eigenvalue weighted by Crippen LogP contribution is 2.41. The number of hydrogen-bond acceptors (Lipinski definition) is 4. The molecule has 0 unspecified atom stereocenters. The number of thioether (sulfide) groups is 2. The highest BCUT2D eigenvalue weighted by Gasteiger charge is 2.56. The lowest BCUT2D eigenvalue weighted by atomic mass is 10.2. The molecule has 14 heteroatoms. The van der Waals surface area contributed by atoms with Crippen molar-refractivity contribution >= 4 is 48.8 Å². The third kappa shape index (κ3) is 11.3. The smallest absolute Gasteiger partial charge is 0.206 e. The minimum absolute atomic E-state index is 0.0590. The molecule has 0 nitrogen and oxygen atoms in total. The summed E-state index contributed by atoms with van der Waals surface area (Å²) >= 11 is 9.26. The van der Waals surface area contributed by atoms with Crippen LogP contribution in [0.4, 0.5) is 43.9 Å². The first-order valence-electron chi connectivity index (χ1n) is 6.74. The van der Waals surface area contributed by atoms with E-state index < -0.39 is 55.6 Å². The quantitative estimate of drug-likeness (QED) is 0.192. The molecular weight excluding hydrogens is 462 g/mol. The molecule has 0 aromatic heterocycles. The zero-order chi connectivity index (χ0) is 20.8. The van der Waals surface area contributed by atoms with Gasteiger partial charge in [-0.15, -0.1) is 48.8 Å². The predicted octanol–water partition coefficient (Wildman–Crippen LogP) is 7.39. The maximum atomic E-state index is 13.1. The number of halogens is 10. The average molecular weight is 476 g/mol. The molecule has 156 valence electrons. The second-order valence-corrected chi connectivity index (χ2v) is 8.72. The van der Waals surface area contributed by atoms with E-state index in [1.54, 1.807) is 0 Å². The number of thiol groups is 2. The van der Waals surface area contributed by atoms with Crippen LogP contribution in [0.2, 0.25) is 0 Å². The molecule has 0 saturated heterocycles. The fraction of sp³-hybridized carbons (Fsp3) is 0.833. The number of rotatable bonds is 10. The normalized spacial score (nSPS) is 15.2. The van der Waals surface area contributed by atoms with Crippen LogP contribution >= 0.6 is 48.8 Å². The summed E-state index contributed by atoms with van der Waals surface area (Å²) in [4.78, 5) is 0. The zero-order valence-electron chi connectivity index (χ0n) is 12.7. The standard InChI is InChI=1S/C12H14F10S4/c13-9(14,6-11(17,18)19)3-5-26-8(24)7(23)25-4-1-2-10(15,16)12(20,21)22/h23-24H,1-6H2. The molecule has 0 fully saturated rings. The first-order chi connectivity index (χ1) is 11.5. The van der Waals surface area contributed by atoms with E-state index in [0.717, 1.165) is 11.8 Å². The van der Waals surface area contributed by atoms with Crippen LogP contribution in [-0.4, -0.2) is 35.7 Å². The van der Waals surface area contributed by atoms with Gasteiger partial charge in [0.25, 0.3) is 5.92 Å². The lowest BCUT2D eigenvalue weighted by molar-refractivity contribution is -0.284. The maximum absolute atomic E-state index is 13.1. The third-order valence-corrected chi connectivity index (χ3v) is 6.32. The van der Waals surface area contributed by atoms with Gasteiger partial charge in [-0.1, -0.05) is 0 Å². The average Bonchev–Trinajstić information content (AvgIpc) is 2.38. The summed E-state index contributed by atoms with van der Waals surface area (Å²) in [7, 11) is 0. The van der Waals surface area contributed by atoms with Gasteiger partial charge in [0.05, 0.1) is 8.47 Å². The Hall–Kier alpha value is 0.440. The van der Waals surface area contributed by atoms with Crippen LogP contribution in [0.15, 0.2) is 8.47 Å². The summed E-state index contributed by atoms with van der Waals surface area (Å²) in [5, 5.41) is 0. The van der Waals surface area contributed by atoms with E-state index in [1.807, 2.05) is 0 Å². The van der Waals surface area contributed by atoms with E-state index in [-0.39, 0.29) is 14.2 Å². The lowest BCUT2D eigenvalue weighted by Crippen LogP contribution is -2.36. The van der Waals surface area contributed by atoms with Gasteiger partial charge in [-0.3, -0.25) is 0 Å². The van der Waals surface area contributed by atoms with Crippen molar-refractivity contribution in [3.05, 3.63) is 8.47 Å². The molecule has 0 saturated carbocycles. The van der Waals surface area contributed by atoms with Crippen molar-refractivity contribution in [3.63, 3.8) is 0 Å². The Morgan fingerprint density at radius 2 is 1.15 bits per heavy atom. The summed E-state index contributed by atoms with van der Waals surface area (Å²) in [5.41, 5.74) is 0. The summed E-state index contributed by atoms with van der Waals surface area (Å²) in [6.07, 6.45) is -15.9. The molecule has 0 bridgehead atoms. The van der Waals surface area contributed by atoms with Gasteiger partial charge < -0.3 is 0 Å². The van der Waals surface area contributed by atoms with E-state index >= 15 is 0 Å². The van der Waals surface area contributed by atoms with Crippen molar-refractivity contribution in [2.24, 2.45) is 0 Å². The van der Waals surface area contributed by atoms with Crippen LogP contribution < -0.4 is 0 Å². The van der Waals surface area contributed by atoms with Crippen LogP contribution in [0.1, 0.15) is 25.7 Å². The van der Waals surface area contributed by atoms with E-state index in [4.69, 9.17) is 0 Å². The van der Waals surface area contributed by atoms with Crippen LogP contribution in [-0.2, 0) is 0 Å².